The van der Waals surface area contributed by atoms with Gasteiger partial charge in [-0.25, -0.2) is 14.4 Å². The summed E-state index contributed by atoms with van der Waals surface area (Å²) in [5.41, 5.74) is 6.27. The first kappa shape index (κ1) is 15.2. The number of nitrogens with two attached hydrogens (primary N) is 1. The third kappa shape index (κ3) is 3.66. The molecule has 1 aromatic heterocycles. The van der Waals surface area contributed by atoms with Gasteiger partial charge in [0.15, 0.2) is 5.82 Å². The molecule has 0 unspecified atom stereocenters. The lowest BCUT2D eigenvalue weighted by molar-refractivity contribution is 0.128. The number of para-hydroxylation sites is 1. The van der Waals surface area contributed by atoms with Gasteiger partial charge in [-0.2, -0.15) is 0 Å². The van der Waals surface area contributed by atoms with Crippen molar-refractivity contribution in [2.75, 3.05) is 23.8 Å². The maximum absolute atomic E-state index is 14.0. The van der Waals surface area contributed by atoms with Gasteiger partial charge >= 0.3 is 0 Å². The van der Waals surface area contributed by atoms with Gasteiger partial charge in [-0.3, -0.25) is 0 Å². The normalized spacial score (nSPS) is 10.6. The summed E-state index contributed by atoms with van der Waals surface area (Å²) in [6.45, 7) is 5.23. The molecule has 5 nitrogen and oxygen atoms in total. The molecule has 0 fully saturated rings. The average molecular weight is 290 g/mol. The van der Waals surface area contributed by atoms with E-state index in [9.17, 15) is 4.39 Å². The summed E-state index contributed by atoms with van der Waals surface area (Å²) in [7, 11) is 0. The second-order valence-electron chi connectivity index (χ2n) is 4.40. The zero-order chi connectivity index (χ0) is 15.2. The van der Waals surface area contributed by atoms with Crippen LogP contribution in [0.1, 0.15) is 19.7 Å². The van der Waals surface area contributed by atoms with E-state index in [1.54, 1.807) is 29.2 Å². The number of anilines is 3. The molecule has 6 heteroatoms. The Balaban J connectivity index is 2.38. The Morgan fingerprint density at radius 1 is 1.24 bits per heavy atom. The van der Waals surface area contributed by atoms with Crippen LogP contribution in [0.4, 0.5) is 21.7 Å². The van der Waals surface area contributed by atoms with Crippen molar-refractivity contribution in [3.8, 4) is 0 Å². The van der Waals surface area contributed by atoms with E-state index >= 15 is 0 Å². The molecule has 112 valence electrons. The summed E-state index contributed by atoms with van der Waals surface area (Å²) in [6.07, 6.45) is 0. The van der Waals surface area contributed by atoms with Gasteiger partial charge in [0.1, 0.15) is 24.1 Å². The molecule has 1 aromatic carbocycles. The predicted molar refractivity (Wildman–Crippen MR) is 80.9 cm³/mol. The van der Waals surface area contributed by atoms with Crippen molar-refractivity contribution in [3.63, 3.8) is 0 Å². The van der Waals surface area contributed by atoms with Crippen molar-refractivity contribution >= 4 is 17.3 Å². The van der Waals surface area contributed by atoms with E-state index in [1.165, 1.54) is 6.07 Å². The third-order valence-electron chi connectivity index (χ3n) is 2.95. The highest BCUT2D eigenvalue weighted by Gasteiger charge is 2.14. The van der Waals surface area contributed by atoms with Gasteiger partial charge in [-0.1, -0.05) is 12.1 Å². The van der Waals surface area contributed by atoms with E-state index in [4.69, 9.17) is 10.5 Å². The zero-order valence-electron chi connectivity index (χ0n) is 12.2. The molecule has 1 heterocycles. The Morgan fingerprint density at radius 3 is 2.67 bits per heavy atom. The van der Waals surface area contributed by atoms with Crippen LogP contribution in [0.25, 0.3) is 0 Å². The first-order valence-corrected chi connectivity index (χ1v) is 6.89. The Morgan fingerprint density at radius 2 is 2.00 bits per heavy atom. The van der Waals surface area contributed by atoms with Gasteiger partial charge in [-0.15, -0.1) is 0 Å². The highest BCUT2D eigenvalue weighted by Crippen LogP contribution is 2.26. The lowest BCUT2D eigenvalue weighted by Gasteiger charge is -2.23. The summed E-state index contributed by atoms with van der Waals surface area (Å²) in [5, 5.41) is 0. The van der Waals surface area contributed by atoms with Crippen molar-refractivity contribution in [2.24, 2.45) is 0 Å². The van der Waals surface area contributed by atoms with E-state index in [-0.39, 0.29) is 12.4 Å². The fourth-order valence-electron chi connectivity index (χ4n) is 2.03. The second kappa shape index (κ2) is 6.99. The average Bonchev–Trinajstić information content (AvgIpc) is 2.47. The minimum Gasteiger partial charge on any atom is -0.384 e. The molecular formula is C15H19FN4O. The van der Waals surface area contributed by atoms with E-state index < -0.39 is 0 Å². The maximum atomic E-state index is 14.0. The van der Waals surface area contributed by atoms with Crippen LogP contribution in [0.5, 0.6) is 0 Å². The number of ether oxygens (including phenoxy) is 1. The molecule has 0 aliphatic carbocycles. The van der Waals surface area contributed by atoms with Crippen LogP contribution in [0.3, 0.4) is 0 Å². The van der Waals surface area contributed by atoms with E-state index in [2.05, 4.69) is 9.97 Å². The number of benzene rings is 1. The fourth-order valence-corrected chi connectivity index (χ4v) is 2.03. The van der Waals surface area contributed by atoms with Crippen molar-refractivity contribution in [1.82, 2.24) is 9.97 Å². The number of hydrogen-bond acceptors (Lipinski definition) is 5. The first-order chi connectivity index (χ1) is 10.2. The summed E-state index contributed by atoms with van der Waals surface area (Å²) in [5.74, 6) is 1.08. The summed E-state index contributed by atoms with van der Waals surface area (Å²) in [4.78, 5) is 10.3. The predicted octanol–water partition coefficient (Wildman–Crippen LogP) is 2.89. The molecule has 0 radical (unpaired) electrons. The van der Waals surface area contributed by atoms with Gasteiger partial charge in [0, 0.05) is 19.2 Å². The molecule has 2 N–H and O–H groups in total. The van der Waals surface area contributed by atoms with Crippen LogP contribution in [-0.4, -0.2) is 23.1 Å². The minimum atomic E-state index is -0.303. The van der Waals surface area contributed by atoms with Crippen LogP contribution in [-0.2, 0) is 11.3 Å². The monoisotopic (exact) mass is 290 g/mol. The number of nitrogen functional groups attached to an aromatic ring is 1. The van der Waals surface area contributed by atoms with Crippen LogP contribution in [0.15, 0.2) is 30.3 Å². The molecule has 0 saturated carbocycles. The van der Waals surface area contributed by atoms with Crippen LogP contribution in [0.2, 0.25) is 0 Å². The van der Waals surface area contributed by atoms with E-state index in [1.807, 2.05) is 13.8 Å². The maximum Gasteiger partial charge on any atom is 0.158 e. The summed E-state index contributed by atoms with van der Waals surface area (Å²) >= 11 is 0. The number of halogens is 1. The Bertz CT molecular complexity index is 606. The largest absolute Gasteiger partial charge is 0.384 e. The Labute approximate surface area is 123 Å². The quantitative estimate of drug-likeness (QED) is 0.886. The smallest absolute Gasteiger partial charge is 0.158 e. The molecule has 0 spiro atoms. The van der Waals surface area contributed by atoms with Crippen LogP contribution < -0.4 is 10.6 Å². The van der Waals surface area contributed by atoms with Crippen LogP contribution in [0, 0.1) is 5.82 Å². The molecular weight excluding hydrogens is 271 g/mol. The molecule has 0 saturated heterocycles. The molecule has 0 bridgehead atoms. The van der Waals surface area contributed by atoms with Gasteiger partial charge in [0.05, 0.1) is 5.69 Å². The van der Waals surface area contributed by atoms with Crippen molar-refractivity contribution in [1.29, 1.82) is 0 Å². The number of hydrogen-bond donors (Lipinski definition) is 1. The van der Waals surface area contributed by atoms with Crippen molar-refractivity contribution in [3.05, 3.63) is 42.0 Å². The SMILES string of the molecule is CCOCc1nc(N)cc(N(CC)c2ccccc2F)n1. The summed E-state index contributed by atoms with van der Waals surface area (Å²) in [6, 6.07) is 8.20. The molecule has 0 aliphatic heterocycles. The molecule has 0 amide bonds. The van der Waals surface area contributed by atoms with Gasteiger partial charge in [-0.05, 0) is 26.0 Å². The standard InChI is InChI=1S/C15H19FN4O/c1-3-20(12-8-6-5-7-11(12)16)15-9-13(17)18-14(19-15)10-21-4-2/h5-9H,3-4,10H2,1-2H3,(H2,17,18,19). The Kier molecular flexibility index (Phi) is 5.05. The number of rotatable bonds is 6. The molecule has 2 rings (SSSR count). The molecule has 0 atom stereocenters. The van der Waals surface area contributed by atoms with Crippen LogP contribution >= 0.6 is 0 Å². The highest BCUT2D eigenvalue weighted by molar-refractivity contribution is 5.62. The third-order valence-corrected chi connectivity index (χ3v) is 2.95. The number of aromatic nitrogens is 2. The van der Waals surface area contributed by atoms with E-state index in [0.29, 0.717) is 36.3 Å². The lowest BCUT2D eigenvalue weighted by Crippen LogP contribution is -2.20. The Hall–Kier alpha value is -2.21. The minimum absolute atomic E-state index is 0.281. The zero-order valence-corrected chi connectivity index (χ0v) is 12.2. The second-order valence-corrected chi connectivity index (χ2v) is 4.40. The fraction of sp³-hybridized carbons (Fsp3) is 0.333. The molecule has 2 aromatic rings. The van der Waals surface area contributed by atoms with Crippen molar-refractivity contribution in [2.45, 2.75) is 20.5 Å². The topological polar surface area (TPSA) is 64.3 Å². The van der Waals surface area contributed by atoms with E-state index in [0.717, 1.165) is 0 Å². The first-order valence-electron chi connectivity index (χ1n) is 6.89. The van der Waals surface area contributed by atoms with Gasteiger partial charge < -0.3 is 15.4 Å². The molecule has 0 aliphatic rings. The van der Waals surface area contributed by atoms with Gasteiger partial charge in [0.2, 0.25) is 0 Å². The lowest BCUT2D eigenvalue weighted by atomic mass is 10.2. The molecule has 21 heavy (non-hydrogen) atoms. The number of nitrogens with zero attached hydrogens (tertiary/aromatic N) is 3. The highest BCUT2D eigenvalue weighted by atomic mass is 19.1. The van der Waals surface area contributed by atoms with Gasteiger partial charge in [0.25, 0.3) is 0 Å². The summed E-state index contributed by atoms with van der Waals surface area (Å²) < 4.78 is 19.3. The van der Waals surface area contributed by atoms with Crippen molar-refractivity contribution < 1.29 is 9.13 Å².